The number of benzene rings is 2. The molecule has 0 saturated carbocycles. The van der Waals surface area contributed by atoms with E-state index in [1.165, 1.54) is 12.1 Å². The summed E-state index contributed by atoms with van der Waals surface area (Å²) in [7, 11) is 0. The number of aryl methyl sites for hydroxylation is 1. The van der Waals surface area contributed by atoms with Gasteiger partial charge in [0.25, 0.3) is 5.91 Å². The summed E-state index contributed by atoms with van der Waals surface area (Å²) in [6.45, 7) is 4.01. The van der Waals surface area contributed by atoms with Crippen LogP contribution in [0.5, 0.6) is 11.5 Å². The molecular formula is C19H17ClN2O3. The standard InChI is InChI=1S/C19H17ClN2O3/c1-3-25-18-9-13(5-7-17(18)23)8-14(11-21)19(24)22-16-10-15(20)6-4-12(16)2/h4-10,23H,3H2,1-2H3,(H,22,24)/b14-8+. The molecule has 2 rings (SSSR count). The van der Waals surface area contributed by atoms with Crippen LogP contribution in [0.1, 0.15) is 18.1 Å². The first-order valence-corrected chi connectivity index (χ1v) is 7.97. The van der Waals surface area contributed by atoms with Crippen LogP contribution in [0, 0.1) is 18.3 Å². The number of carbonyl (C=O) groups excluding carboxylic acids is 1. The van der Waals surface area contributed by atoms with Gasteiger partial charge in [-0.25, -0.2) is 0 Å². The maximum absolute atomic E-state index is 12.4. The highest BCUT2D eigenvalue weighted by Crippen LogP contribution is 2.28. The van der Waals surface area contributed by atoms with E-state index < -0.39 is 5.91 Å². The zero-order valence-electron chi connectivity index (χ0n) is 13.8. The topological polar surface area (TPSA) is 82.3 Å². The lowest BCUT2D eigenvalue weighted by Crippen LogP contribution is -2.14. The molecule has 2 aromatic carbocycles. The summed E-state index contributed by atoms with van der Waals surface area (Å²) < 4.78 is 5.30. The molecule has 0 bridgehead atoms. The van der Waals surface area contributed by atoms with Gasteiger partial charge in [0.2, 0.25) is 0 Å². The van der Waals surface area contributed by atoms with Gasteiger partial charge in [0, 0.05) is 10.7 Å². The van der Waals surface area contributed by atoms with Gasteiger partial charge < -0.3 is 15.2 Å². The number of hydrogen-bond acceptors (Lipinski definition) is 4. The number of phenols is 1. The van der Waals surface area contributed by atoms with Gasteiger partial charge in [0.05, 0.1) is 6.61 Å². The molecule has 2 N–H and O–H groups in total. The predicted octanol–water partition coefficient (Wildman–Crippen LogP) is 4.30. The van der Waals surface area contributed by atoms with E-state index in [0.717, 1.165) is 5.56 Å². The molecule has 0 unspecified atom stereocenters. The summed E-state index contributed by atoms with van der Waals surface area (Å²) in [5.74, 6) is -0.255. The fourth-order valence-corrected chi connectivity index (χ4v) is 2.30. The number of nitrogens with one attached hydrogen (secondary N) is 1. The van der Waals surface area contributed by atoms with Gasteiger partial charge in [-0.3, -0.25) is 4.79 Å². The minimum atomic E-state index is -0.543. The Bertz CT molecular complexity index is 869. The van der Waals surface area contributed by atoms with Crippen molar-refractivity contribution in [2.75, 3.05) is 11.9 Å². The third-order valence-electron chi connectivity index (χ3n) is 3.41. The molecule has 25 heavy (non-hydrogen) atoms. The van der Waals surface area contributed by atoms with Crippen LogP contribution in [0.2, 0.25) is 5.02 Å². The second-order valence-electron chi connectivity index (χ2n) is 5.24. The normalized spacial score (nSPS) is 10.9. The summed E-state index contributed by atoms with van der Waals surface area (Å²) in [5.41, 5.74) is 1.86. The molecule has 0 atom stereocenters. The number of hydrogen-bond donors (Lipinski definition) is 2. The lowest BCUT2D eigenvalue weighted by molar-refractivity contribution is -0.112. The van der Waals surface area contributed by atoms with Gasteiger partial charge in [-0.05, 0) is 55.3 Å². The largest absolute Gasteiger partial charge is 0.504 e. The molecule has 128 valence electrons. The van der Waals surface area contributed by atoms with Crippen molar-refractivity contribution in [3.8, 4) is 17.6 Å². The Kier molecular flexibility index (Phi) is 6.04. The van der Waals surface area contributed by atoms with Crippen LogP contribution < -0.4 is 10.1 Å². The molecular weight excluding hydrogens is 340 g/mol. The van der Waals surface area contributed by atoms with Crippen LogP contribution in [-0.4, -0.2) is 17.6 Å². The number of rotatable bonds is 5. The first kappa shape index (κ1) is 18.4. The Morgan fingerprint density at radius 2 is 2.12 bits per heavy atom. The molecule has 0 aliphatic heterocycles. The third kappa shape index (κ3) is 4.75. The SMILES string of the molecule is CCOc1cc(/C=C(\C#N)C(=O)Nc2cc(Cl)ccc2C)ccc1O. The fourth-order valence-electron chi connectivity index (χ4n) is 2.13. The van der Waals surface area contributed by atoms with Gasteiger partial charge in [-0.15, -0.1) is 0 Å². The highest BCUT2D eigenvalue weighted by atomic mass is 35.5. The smallest absolute Gasteiger partial charge is 0.266 e. The molecule has 0 fully saturated rings. The van der Waals surface area contributed by atoms with E-state index in [1.54, 1.807) is 37.3 Å². The maximum Gasteiger partial charge on any atom is 0.266 e. The van der Waals surface area contributed by atoms with Crippen LogP contribution >= 0.6 is 11.6 Å². The van der Waals surface area contributed by atoms with Gasteiger partial charge in [-0.2, -0.15) is 5.26 Å². The van der Waals surface area contributed by atoms with Crippen LogP contribution in [0.15, 0.2) is 42.0 Å². The average Bonchev–Trinajstić information content (AvgIpc) is 2.58. The molecule has 0 heterocycles. The minimum absolute atomic E-state index is 0.00323. The molecule has 2 aromatic rings. The van der Waals surface area contributed by atoms with Gasteiger partial charge in [0.15, 0.2) is 11.5 Å². The van der Waals surface area contributed by atoms with Gasteiger partial charge >= 0.3 is 0 Å². The highest BCUT2D eigenvalue weighted by molar-refractivity contribution is 6.31. The highest BCUT2D eigenvalue weighted by Gasteiger charge is 2.12. The van der Waals surface area contributed by atoms with E-state index >= 15 is 0 Å². The number of anilines is 1. The molecule has 1 amide bonds. The Balaban J connectivity index is 2.28. The molecule has 0 aliphatic carbocycles. The number of carbonyl (C=O) groups is 1. The van der Waals surface area contributed by atoms with Crippen LogP contribution in [0.3, 0.4) is 0 Å². The monoisotopic (exact) mass is 356 g/mol. The van der Waals surface area contributed by atoms with Gasteiger partial charge in [0.1, 0.15) is 11.6 Å². The number of nitriles is 1. The summed E-state index contributed by atoms with van der Waals surface area (Å²) >= 11 is 5.94. The molecule has 0 spiro atoms. The molecule has 6 heteroatoms. The predicted molar refractivity (Wildman–Crippen MR) is 97.7 cm³/mol. The van der Waals surface area contributed by atoms with Crippen molar-refractivity contribution in [3.05, 3.63) is 58.1 Å². The molecule has 5 nitrogen and oxygen atoms in total. The van der Waals surface area contributed by atoms with Crippen molar-refractivity contribution in [1.82, 2.24) is 0 Å². The van der Waals surface area contributed by atoms with Crippen molar-refractivity contribution in [2.24, 2.45) is 0 Å². The van der Waals surface area contributed by atoms with Crippen LogP contribution in [-0.2, 0) is 4.79 Å². The molecule has 0 saturated heterocycles. The quantitative estimate of drug-likeness (QED) is 0.618. The second-order valence-corrected chi connectivity index (χ2v) is 5.68. The van der Waals surface area contributed by atoms with E-state index in [1.807, 2.05) is 13.0 Å². The average molecular weight is 357 g/mol. The zero-order chi connectivity index (χ0) is 18.4. The van der Waals surface area contributed by atoms with Crippen molar-refractivity contribution >= 4 is 29.3 Å². The summed E-state index contributed by atoms with van der Waals surface area (Å²) in [6.07, 6.45) is 1.43. The Morgan fingerprint density at radius 3 is 2.80 bits per heavy atom. The van der Waals surface area contributed by atoms with E-state index in [0.29, 0.717) is 28.6 Å². The summed E-state index contributed by atoms with van der Waals surface area (Å²) in [5, 5.41) is 22.2. The van der Waals surface area contributed by atoms with Crippen molar-refractivity contribution in [1.29, 1.82) is 5.26 Å². The first-order chi connectivity index (χ1) is 11.9. The van der Waals surface area contributed by atoms with E-state index in [9.17, 15) is 15.2 Å². The first-order valence-electron chi connectivity index (χ1n) is 7.59. The van der Waals surface area contributed by atoms with Crippen molar-refractivity contribution < 1.29 is 14.6 Å². The second kappa shape index (κ2) is 8.22. The number of phenolic OH excluding ortho intramolecular Hbond substituents is 1. The van der Waals surface area contributed by atoms with Gasteiger partial charge in [-0.1, -0.05) is 23.7 Å². The lowest BCUT2D eigenvalue weighted by Gasteiger charge is -2.09. The fraction of sp³-hybridized carbons (Fsp3) is 0.158. The van der Waals surface area contributed by atoms with Crippen molar-refractivity contribution in [2.45, 2.75) is 13.8 Å². The minimum Gasteiger partial charge on any atom is -0.504 e. The van der Waals surface area contributed by atoms with Crippen LogP contribution in [0.4, 0.5) is 5.69 Å². The van der Waals surface area contributed by atoms with E-state index in [2.05, 4.69) is 5.32 Å². The van der Waals surface area contributed by atoms with E-state index in [-0.39, 0.29) is 11.3 Å². The van der Waals surface area contributed by atoms with Crippen LogP contribution in [0.25, 0.3) is 6.08 Å². The maximum atomic E-state index is 12.4. The molecule has 0 radical (unpaired) electrons. The lowest BCUT2D eigenvalue weighted by atomic mass is 10.1. The molecule has 0 aromatic heterocycles. The van der Waals surface area contributed by atoms with E-state index in [4.69, 9.17) is 16.3 Å². The summed E-state index contributed by atoms with van der Waals surface area (Å²) in [6, 6.07) is 11.6. The Hall–Kier alpha value is -2.97. The number of amides is 1. The van der Waals surface area contributed by atoms with Crippen molar-refractivity contribution in [3.63, 3.8) is 0 Å². The molecule has 0 aliphatic rings. The summed E-state index contributed by atoms with van der Waals surface area (Å²) in [4.78, 5) is 12.4. The zero-order valence-corrected chi connectivity index (χ0v) is 14.6. The Morgan fingerprint density at radius 1 is 1.36 bits per heavy atom. The number of halogens is 1. The number of aromatic hydroxyl groups is 1. The Labute approximate surface area is 151 Å². The number of nitrogens with zero attached hydrogens (tertiary/aromatic N) is 1. The third-order valence-corrected chi connectivity index (χ3v) is 3.64. The number of ether oxygens (including phenoxy) is 1.